The summed E-state index contributed by atoms with van der Waals surface area (Å²) in [5.41, 5.74) is 6.83. The third-order valence-electron chi connectivity index (χ3n) is 2.68. The molecule has 1 fully saturated rings. The highest BCUT2D eigenvalue weighted by molar-refractivity contribution is 7.13. The number of carbonyl (C=O) groups excluding carboxylic acids is 1. The van der Waals surface area contributed by atoms with Crippen LogP contribution in [0.15, 0.2) is 5.38 Å². The van der Waals surface area contributed by atoms with E-state index in [0.717, 1.165) is 12.1 Å². The summed E-state index contributed by atoms with van der Waals surface area (Å²) >= 11 is 1.48. The molecule has 0 aromatic carbocycles. The largest absolute Gasteiger partial charge is 0.320 e. The molecule has 4 nitrogen and oxygen atoms in total. The van der Waals surface area contributed by atoms with Crippen LogP contribution in [0.2, 0.25) is 0 Å². The second-order valence-electron chi connectivity index (χ2n) is 4.24. The van der Waals surface area contributed by atoms with Gasteiger partial charge in [-0.05, 0) is 19.3 Å². The second kappa shape index (κ2) is 6.33. The highest BCUT2D eigenvalue weighted by atomic mass is 35.5. The number of amides is 1. The van der Waals surface area contributed by atoms with Gasteiger partial charge >= 0.3 is 0 Å². The summed E-state index contributed by atoms with van der Waals surface area (Å²) in [6.07, 6.45) is 4.09. The molecule has 0 saturated heterocycles. The van der Waals surface area contributed by atoms with Crippen molar-refractivity contribution in [2.24, 2.45) is 5.73 Å². The Bertz CT molecular complexity index is 379. The third kappa shape index (κ3) is 3.94. The lowest BCUT2D eigenvalue weighted by molar-refractivity contribution is -0.117. The van der Waals surface area contributed by atoms with Crippen molar-refractivity contribution in [3.05, 3.63) is 11.1 Å². The molecular weight excluding hydrogens is 258 g/mol. The Balaban J connectivity index is 0.00000144. The second-order valence-corrected chi connectivity index (χ2v) is 5.09. The van der Waals surface area contributed by atoms with E-state index in [4.69, 9.17) is 5.73 Å². The van der Waals surface area contributed by atoms with Crippen LogP contribution >= 0.6 is 23.7 Å². The number of hydrogen-bond donors (Lipinski definition) is 2. The molecule has 1 aromatic rings. The van der Waals surface area contributed by atoms with E-state index in [9.17, 15) is 4.79 Å². The summed E-state index contributed by atoms with van der Waals surface area (Å²) in [5.74, 6) is 0.504. The van der Waals surface area contributed by atoms with Gasteiger partial charge in [0.05, 0.1) is 11.7 Å². The molecule has 0 radical (unpaired) electrons. The van der Waals surface area contributed by atoms with Crippen molar-refractivity contribution in [1.82, 2.24) is 4.98 Å². The number of halogens is 1. The zero-order valence-corrected chi connectivity index (χ0v) is 11.4. The van der Waals surface area contributed by atoms with Crippen LogP contribution in [0.3, 0.4) is 0 Å². The summed E-state index contributed by atoms with van der Waals surface area (Å²) in [5, 5.41) is 5.48. The smallest absolute Gasteiger partial charge is 0.243 e. The Labute approximate surface area is 111 Å². The maximum Gasteiger partial charge on any atom is 0.243 e. The van der Waals surface area contributed by atoms with Gasteiger partial charge in [0.2, 0.25) is 5.91 Å². The summed E-state index contributed by atoms with van der Waals surface area (Å²) in [7, 11) is 0. The molecule has 1 amide bonds. The van der Waals surface area contributed by atoms with Crippen molar-refractivity contribution in [2.75, 3.05) is 5.32 Å². The van der Waals surface area contributed by atoms with Gasteiger partial charge in [0.25, 0.3) is 0 Å². The Morgan fingerprint density at radius 2 is 2.41 bits per heavy atom. The molecule has 1 aliphatic rings. The van der Waals surface area contributed by atoms with Crippen LogP contribution in [-0.2, 0) is 4.79 Å². The van der Waals surface area contributed by atoms with E-state index in [1.807, 2.05) is 12.3 Å². The van der Waals surface area contributed by atoms with Crippen LogP contribution in [0.5, 0.6) is 0 Å². The first-order valence-electron chi connectivity index (χ1n) is 5.72. The molecule has 0 aliphatic heterocycles. The number of hydrogen-bond acceptors (Lipinski definition) is 4. The van der Waals surface area contributed by atoms with Crippen molar-refractivity contribution in [3.8, 4) is 0 Å². The van der Waals surface area contributed by atoms with E-state index in [0.29, 0.717) is 17.5 Å². The van der Waals surface area contributed by atoms with Gasteiger partial charge in [0.1, 0.15) is 0 Å². The number of nitrogens with two attached hydrogens (primary N) is 1. The Hall–Kier alpha value is -0.650. The maximum atomic E-state index is 11.6. The zero-order valence-electron chi connectivity index (χ0n) is 9.81. The predicted molar refractivity (Wildman–Crippen MR) is 72.9 cm³/mol. The standard InChI is InChI=1S/C11H17N3OS.ClH/c1-2-3-8(12)10(15)14-11-13-9(6-16-11)7-4-5-7;/h6-8H,2-5,12H2,1H3,(H,13,14,15);1H. The number of carbonyl (C=O) groups is 1. The minimum atomic E-state index is -0.418. The Kier molecular flexibility index (Phi) is 5.36. The van der Waals surface area contributed by atoms with Gasteiger partial charge in [0, 0.05) is 11.3 Å². The molecule has 17 heavy (non-hydrogen) atoms. The molecule has 1 heterocycles. The molecule has 1 atom stereocenters. The normalized spacial score (nSPS) is 16.1. The maximum absolute atomic E-state index is 11.6. The van der Waals surface area contributed by atoms with Crippen molar-refractivity contribution in [3.63, 3.8) is 0 Å². The van der Waals surface area contributed by atoms with Crippen LogP contribution < -0.4 is 11.1 Å². The average molecular weight is 276 g/mol. The monoisotopic (exact) mass is 275 g/mol. The number of aromatic nitrogens is 1. The highest BCUT2D eigenvalue weighted by Crippen LogP contribution is 2.40. The summed E-state index contributed by atoms with van der Waals surface area (Å²) < 4.78 is 0. The first-order chi connectivity index (χ1) is 7.70. The molecule has 96 valence electrons. The van der Waals surface area contributed by atoms with Crippen LogP contribution in [0.25, 0.3) is 0 Å². The van der Waals surface area contributed by atoms with Gasteiger partial charge in [-0.25, -0.2) is 4.98 Å². The molecule has 1 saturated carbocycles. The topological polar surface area (TPSA) is 68.0 Å². The molecule has 0 spiro atoms. The first-order valence-corrected chi connectivity index (χ1v) is 6.60. The van der Waals surface area contributed by atoms with Crippen molar-refractivity contribution < 1.29 is 4.79 Å². The van der Waals surface area contributed by atoms with Crippen LogP contribution in [-0.4, -0.2) is 16.9 Å². The molecule has 1 unspecified atom stereocenters. The van der Waals surface area contributed by atoms with Gasteiger partial charge in [-0.15, -0.1) is 23.7 Å². The van der Waals surface area contributed by atoms with Gasteiger partial charge in [-0.2, -0.15) is 0 Å². The molecular formula is C11H18ClN3OS. The van der Waals surface area contributed by atoms with Gasteiger partial charge in [0.15, 0.2) is 5.13 Å². The summed E-state index contributed by atoms with van der Waals surface area (Å²) in [6, 6.07) is -0.418. The highest BCUT2D eigenvalue weighted by Gasteiger charge is 2.26. The van der Waals surface area contributed by atoms with Crippen LogP contribution in [0, 0.1) is 0 Å². The lowest BCUT2D eigenvalue weighted by atomic mass is 10.2. The Morgan fingerprint density at radius 1 is 1.71 bits per heavy atom. The lowest BCUT2D eigenvalue weighted by Gasteiger charge is -2.08. The minimum absolute atomic E-state index is 0. The van der Waals surface area contributed by atoms with Crippen molar-refractivity contribution in [2.45, 2.75) is 44.6 Å². The number of rotatable bonds is 5. The van der Waals surface area contributed by atoms with E-state index in [2.05, 4.69) is 10.3 Å². The first kappa shape index (κ1) is 14.4. The van der Waals surface area contributed by atoms with E-state index in [1.54, 1.807) is 0 Å². The fourth-order valence-corrected chi connectivity index (χ4v) is 2.35. The van der Waals surface area contributed by atoms with Gasteiger partial charge < -0.3 is 11.1 Å². The number of nitrogens with zero attached hydrogens (tertiary/aromatic N) is 1. The Morgan fingerprint density at radius 3 is 3.00 bits per heavy atom. The molecule has 0 bridgehead atoms. The number of anilines is 1. The quantitative estimate of drug-likeness (QED) is 0.868. The molecule has 3 N–H and O–H groups in total. The van der Waals surface area contributed by atoms with Crippen molar-refractivity contribution >= 4 is 34.8 Å². The van der Waals surface area contributed by atoms with E-state index >= 15 is 0 Å². The third-order valence-corrected chi connectivity index (χ3v) is 3.46. The minimum Gasteiger partial charge on any atom is -0.320 e. The van der Waals surface area contributed by atoms with E-state index < -0.39 is 6.04 Å². The number of thiazole rings is 1. The fraction of sp³-hybridized carbons (Fsp3) is 0.636. The zero-order chi connectivity index (χ0) is 11.5. The van der Waals surface area contributed by atoms with Crippen LogP contribution in [0.4, 0.5) is 5.13 Å². The van der Waals surface area contributed by atoms with Crippen molar-refractivity contribution in [1.29, 1.82) is 0 Å². The van der Waals surface area contributed by atoms with Crippen LogP contribution in [0.1, 0.15) is 44.2 Å². The lowest BCUT2D eigenvalue weighted by Crippen LogP contribution is -2.35. The SMILES string of the molecule is CCCC(N)C(=O)Nc1nc(C2CC2)cs1.Cl. The molecule has 6 heteroatoms. The van der Waals surface area contributed by atoms with Gasteiger partial charge in [-0.1, -0.05) is 13.3 Å². The summed E-state index contributed by atoms with van der Waals surface area (Å²) in [4.78, 5) is 16.0. The fourth-order valence-electron chi connectivity index (χ4n) is 1.55. The number of nitrogens with one attached hydrogen (secondary N) is 1. The molecule has 1 aliphatic carbocycles. The average Bonchev–Trinajstić information content (AvgIpc) is 3.01. The summed E-state index contributed by atoms with van der Waals surface area (Å²) in [6.45, 7) is 2.02. The molecule has 1 aromatic heterocycles. The predicted octanol–water partition coefficient (Wildman–Crippen LogP) is 2.51. The van der Waals surface area contributed by atoms with E-state index in [1.165, 1.54) is 24.2 Å². The van der Waals surface area contributed by atoms with Gasteiger partial charge in [-0.3, -0.25) is 4.79 Å². The van der Waals surface area contributed by atoms with E-state index in [-0.39, 0.29) is 18.3 Å². The molecule has 2 rings (SSSR count).